The fraction of sp³-hybridized carbons (Fsp3) is 0.273. The van der Waals surface area contributed by atoms with E-state index in [1.54, 1.807) is 31.2 Å². The van der Waals surface area contributed by atoms with E-state index in [-0.39, 0.29) is 17.8 Å². The molecule has 6 nitrogen and oxygen atoms in total. The van der Waals surface area contributed by atoms with Gasteiger partial charge in [-0.15, -0.1) is 0 Å². The molecule has 0 aliphatic rings. The lowest BCUT2D eigenvalue weighted by Crippen LogP contribution is -2.26. The fourth-order valence-electron chi connectivity index (χ4n) is 3.18. The lowest BCUT2D eigenvalue weighted by Gasteiger charge is -2.15. The molecule has 0 amide bonds. The summed E-state index contributed by atoms with van der Waals surface area (Å²) in [7, 11) is 0. The van der Waals surface area contributed by atoms with Gasteiger partial charge in [-0.1, -0.05) is 24.3 Å². The Kier molecular flexibility index (Phi) is 5.40. The highest BCUT2D eigenvalue weighted by Gasteiger charge is 2.22. The van der Waals surface area contributed by atoms with E-state index < -0.39 is 12.1 Å². The maximum absolute atomic E-state index is 12.7. The molecule has 144 valence electrons. The van der Waals surface area contributed by atoms with Gasteiger partial charge in [0.05, 0.1) is 17.5 Å². The molecule has 1 N–H and O–H groups in total. The van der Waals surface area contributed by atoms with E-state index in [0.717, 1.165) is 16.7 Å². The summed E-state index contributed by atoms with van der Waals surface area (Å²) in [5.74, 6) is -0.819. The molecule has 0 saturated heterocycles. The normalized spacial score (nSPS) is 12.0. The molecule has 2 aromatic carbocycles. The third-order valence-electron chi connectivity index (χ3n) is 4.87. The summed E-state index contributed by atoms with van der Waals surface area (Å²) in [6.07, 6.45) is -1.05. The number of aromatic nitrogens is 2. The second-order valence-corrected chi connectivity index (χ2v) is 6.97. The zero-order valence-electron chi connectivity index (χ0n) is 16.3. The lowest BCUT2D eigenvalue weighted by atomic mass is 9.96. The number of ketones is 1. The van der Waals surface area contributed by atoms with E-state index in [0.29, 0.717) is 22.0 Å². The van der Waals surface area contributed by atoms with Gasteiger partial charge in [-0.25, -0.2) is 5.10 Å². The van der Waals surface area contributed by atoms with Crippen molar-refractivity contribution in [1.29, 1.82) is 0 Å². The molecule has 6 heteroatoms. The second-order valence-electron chi connectivity index (χ2n) is 6.97. The molecule has 0 unspecified atom stereocenters. The van der Waals surface area contributed by atoms with Gasteiger partial charge in [0, 0.05) is 10.9 Å². The summed E-state index contributed by atoms with van der Waals surface area (Å²) < 4.78 is 5.35. The van der Waals surface area contributed by atoms with Crippen LogP contribution in [0.3, 0.4) is 0 Å². The minimum atomic E-state index is -0.915. The van der Waals surface area contributed by atoms with Gasteiger partial charge in [0.15, 0.2) is 6.10 Å². The molecule has 1 heterocycles. The Morgan fingerprint density at radius 1 is 1.04 bits per heavy atom. The van der Waals surface area contributed by atoms with Crippen molar-refractivity contribution < 1.29 is 14.3 Å². The van der Waals surface area contributed by atoms with Crippen LogP contribution in [0.4, 0.5) is 0 Å². The molecule has 0 spiro atoms. The molecule has 1 atom stereocenters. The summed E-state index contributed by atoms with van der Waals surface area (Å²) in [6.45, 7) is 7.36. The van der Waals surface area contributed by atoms with Crippen molar-refractivity contribution in [2.45, 2.75) is 40.2 Å². The van der Waals surface area contributed by atoms with E-state index in [1.165, 1.54) is 0 Å². The van der Waals surface area contributed by atoms with Crippen molar-refractivity contribution in [2.75, 3.05) is 0 Å². The zero-order chi connectivity index (χ0) is 20.4. The number of hydrogen-bond acceptors (Lipinski definition) is 5. The van der Waals surface area contributed by atoms with Crippen LogP contribution < -0.4 is 5.56 Å². The Balaban J connectivity index is 1.77. The van der Waals surface area contributed by atoms with Crippen molar-refractivity contribution in [2.24, 2.45) is 0 Å². The van der Waals surface area contributed by atoms with Crippen LogP contribution in [0.2, 0.25) is 0 Å². The van der Waals surface area contributed by atoms with Gasteiger partial charge in [-0.05, 0) is 56.5 Å². The molecule has 0 aliphatic carbocycles. The standard InChI is InChI=1S/C22H22N2O4/c1-12-9-14(3)18(10-13(12)2)21(26)15(4)28-20(25)11-19-16-7-5-6-8-17(16)22(27)24-23-19/h5-10,15H,11H2,1-4H3,(H,24,27)/t15-/m1/s1. The van der Waals surface area contributed by atoms with Crippen LogP contribution in [0.25, 0.3) is 10.8 Å². The number of esters is 1. The number of benzene rings is 2. The smallest absolute Gasteiger partial charge is 0.312 e. The Labute approximate surface area is 162 Å². The number of Topliss-reactive ketones (excluding diaryl/α,β-unsaturated/α-hetero) is 1. The number of aromatic amines is 1. The molecule has 0 radical (unpaired) electrons. The summed E-state index contributed by atoms with van der Waals surface area (Å²) in [5, 5.41) is 7.40. The summed E-state index contributed by atoms with van der Waals surface area (Å²) in [6, 6.07) is 10.7. The number of nitrogens with one attached hydrogen (secondary N) is 1. The predicted octanol–water partition coefficient (Wildman–Crippen LogP) is 3.21. The summed E-state index contributed by atoms with van der Waals surface area (Å²) in [5.41, 5.74) is 3.61. The quantitative estimate of drug-likeness (QED) is 0.544. The monoisotopic (exact) mass is 378 g/mol. The van der Waals surface area contributed by atoms with E-state index >= 15 is 0 Å². The topological polar surface area (TPSA) is 89.1 Å². The van der Waals surface area contributed by atoms with Gasteiger partial charge >= 0.3 is 5.97 Å². The molecule has 3 aromatic rings. The largest absolute Gasteiger partial charge is 0.454 e. The van der Waals surface area contributed by atoms with Crippen LogP contribution in [0.1, 0.15) is 39.7 Å². The number of ether oxygens (including phenoxy) is 1. The van der Waals surface area contributed by atoms with Crippen molar-refractivity contribution >= 4 is 22.5 Å². The lowest BCUT2D eigenvalue weighted by molar-refractivity contribution is -0.145. The van der Waals surface area contributed by atoms with E-state index in [9.17, 15) is 14.4 Å². The Bertz CT molecular complexity index is 1130. The summed E-state index contributed by atoms with van der Waals surface area (Å²) >= 11 is 0. The van der Waals surface area contributed by atoms with Gasteiger partial charge < -0.3 is 4.74 Å². The Morgan fingerprint density at radius 2 is 1.68 bits per heavy atom. The molecule has 28 heavy (non-hydrogen) atoms. The number of hydrogen-bond donors (Lipinski definition) is 1. The molecule has 0 aliphatic heterocycles. The van der Waals surface area contributed by atoms with Crippen LogP contribution in [-0.4, -0.2) is 28.1 Å². The Hall–Kier alpha value is -3.28. The highest BCUT2D eigenvalue weighted by atomic mass is 16.5. The maximum atomic E-state index is 12.7. The first kappa shape index (κ1) is 19.5. The van der Waals surface area contributed by atoms with Crippen LogP contribution in [0.15, 0.2) is 41.2 Å². The van der Waals surface area contributed by atoms with Gasteiger partial charge in [0.1, 0.15) is 0 Å². The molecule has 0 fully saturated rings. The first-order valence-electron chi connectivity index (χ1n) is 9.05. The molecular weight excluding hydrogens is 356 g/mol. The first-order valence-corrected chi connectivity index (χ1v) is 9.05. The molecular formula is C22H22N2O4. The zero-order valence-corrected chi connectivity index (χ0v) is 16.3. The molecule has 3 rings (SSSR count). The molecule has 1 aromatic heterocycles. The maximum Gasteiger partial charge on any atom is 0.312 e. The van der Waals surface area contributed by atoms with Crippen molar-refractivity contribution in [1.82, 2.24) is 10.2 Å². The molecule has 0 bridgehead atoms. The number of carbonyl (C=O) groups excluding carboxylic acids is 2. The number of rotatable bonds is 5. The van der Waals surface area contributed by atoms with Crippen LogP contribution in [-0.2, 0) is 16.0 Å². The van der Waals surface area contributed by atoms with E-state index in [2.05, 4.69) is 10.2 Å². The SMILES string of the molecule is Cc1cc(C)c(C(=O)[C@@H](C)OC(=O)Cc2n[nH]c(=O)c3ccccc23)cc1C. The number of fused-ring (bicyclic) bond motifs is 1. The Morgan fingerprint density at radius 3 is 2.39 bits per heavy atom. The predicted molar refractivity (Wildman–Crippen MR) is 107 cm³/mol. The van der Waals surface area contributed by atoms with Gasteiger partial charge in [-0.2, -0.15) is 5.10 Å². The van der Waals surface area contributed by atoms with Crippen molar-refractivity contribution in [3.8, 4) is 0 Å². The minimum Gasteiger partial charge on any atom is -0.454 e. The van der Waals surface area contributed by atoms with Gasteiger partial charge in [0.25, 0.3) is 5.56 Å². The van der Waals surface area contributed by atoms with Gasteiger partial charge in [-0.3, -0.25) is 14.4 Å². The van der Waals surface area contributed by atoms with Crippen molar-refractivity contribution in [3.63, 3.8) is 0 Å². The third-order valence-corrected chi connectivity index (χ3v) is 4.87. The first-order chi connectivity index (χ1) is 13.3. The van der Waals surface area contributed by atoms with Gasteiger partial charge in [0.2, 0.25) is 5.78 Å². The van der Waals surface area contributed by atoms with E-state index in [1.807, 2.05) is 32.9 Å². The number of H-pyrrole nitrogens is 1. The fourth-order valence-corrected chi connectivity index (χ4v) is 3.18. The highest BCUT2D eigenvalue weighted by molar-refractivity contribution is 6.01. The average molecular weight is 378 g/mol. The number of aryl methyl sites for hydroxylation is 3. The van der Waals surface area contributed by atoms with Crippen LogP contribution in [0, 0.1) is 20.8 Å². The molecule has 0 saturated carbocycles. The second kappa shape index (κ2) is 7.76. The highest BCUT2D eigenvalue weighted by Crippen LogP contribution is 2.19. The third kappa shape index (κ3) is 3.86. The van der Waals surface area contributed by atoms with E-state index in [4.69, 9.17) is 4.74 Å². The minimum absolute atomic E-state index is 0.138. The van der Waals surface area contributed by atoms with Crippen LogP contribution in [0.5, 0.6) is 0 Å². The van der Waals surface area contributed by atoms with Crippen molar-refractivity contribution in [3.05, 3.63) is 74.7 Å². The average Bonchev–Trinajstić information content (AvgIpc) is 2.66. The number of carbonyl (C=O) groups is 2. The summed E-state index contributed by atoms with van der Waals surface area (Å²) in [4.78, 5) is 37.0. The number of nitrogens with zero attached hydrogens (tertiary/aromatic N) is 1. The van der Waals surface area contributed by atoms with Crippen LogP contribution >= 0.6 is 0 Å².